The Morgan fingerprint density at radius 3 is 2.53 bits per heavy atom. The molecule has 0 radical (unpaired) electrons. The number of nitrogens with zero attached hydrogens (tertiary/aromatic N) is 7. The van der Waals surface area contributed by atoms with Crippen molar-refractivity contribution in [1.82, 2.24) is 34.9 Å². The maximum Gasteiger partial charge on any atom is 0.243 e. The summed E-state index contributed by atoms with van der Waals surface area (Å²) in [6.07, 6.45) is 6.39. The number of nitrogens with one attached hydrogen (secondary N) is 2. The van der Waals surface area contributed by atoms with Crippen LogP contribution in [0.15, 0.2) is 36.7 Å². The molecule has 0 aliphatic carbocycles. The van der Waals surface area contributed by atoms with Crippen molar-refractivity contribution in [2.45, 2.75) is 58.9 Å². The molecule has 1 saturated heterocycles. The molecule has 1 aromatic carbocycles. The van der Waals surface area contributed by atoms with E-state index >= 15 is 4.39 Å². The van der Waals surface area contributed by atoms with Gasteiger partial charge in [0.1, 0.15) is 22.9 Å². The topological polar surface area (TPSA) is 141 Å². The lowest BCUT2D eigenvalue weighted by Crippen LogP contribution is -2.50. The monoisotopic (exact) mass is 621 g/mol. The van der Waals surface area contributed by atoms with Crippen LogP contribution in [0.25, 0.3) is 22.3 Å². The van der Waals surface area contributed by atoms with Crippen molar-refractivity contribution < 1.29 is 23.6 Å². The normalized spacial score (nSPS) is 14.0. The van der Waals surface area contributed by atoms with Gasteiger partial charge in [0.15, 0.2) is 11.6 Å². The summed E-state index contributed by atoms with van der Waals surface area (Å²) >= 11 is 0. The number of rotatable bonds is 12. The molecule has 1 fully saturated rings. The van der Waals surface area contributed by atoms with E-state index in [0.29, 0.717) is 48.8 Å². The number of carbonyl (C=O) groups excluding carboxylic acids is 2. The van der Waals surface area contributed by atoms with Gasteiger partial charge in [0.05, 0.1) is 30.1 Å². The van der Waals surface area contributed by atoms with Crippen molar-refractivity contribution in [3.8, 4) is 11.3 Å². The Kier molecular flexibility index (Phi) is 9.93. The summed E-state index contributed by atoms with van der Waals surface area (Å²) in [6.45, 7) is 8.11. The molecule has 3 aromatic heterocycles. The van der Waals surface area contributed by atoms with Crippen molar-refractivity contribution in [3.05, 3.63) is 54.1 Å². The minimum Gasteiger partial charge on any atom is -0.326 e. The summed E-state index contributed by atoms with van der Waals surface area (Å²) in [5.41, 5.74) is 3.28. The number of hydrogen-bond acceptors (Lipinski definition) is 9. The summed E-state index contributed by atoms with van der Waals surface area (Å²) in [5.74, 6) is -0.507. The minimum absolute atomic E-state index is 0.0203. The van der Waals surface area contributed by atoms with E-state index in [9.17, 15) is 14.0 Å². The van der Waals surface area contributed by atoms with Gasteiger partial charge in [-0.2, -0.15) is 0 Å². The molecule has 2 amide bonds. The van der Waals surface area contributed by atoms with Gasteiger partial charge in [-0.25, -0.2) is 34.2 Å². The van der Waals surface area contributed by atoms with Crippen molar-refractivity contribution >= 4 is 40.3 Å². The quantitative estimate of drug-likeness (QED) is 0.114. The maximum absolute atomic E-state index is 15.0. The minimum atomic E-state index is -0.695. The van der Waals surface area contributed by atoms with Crippen LogP contribution in [-0.4, -0.2) is 72.6 Å². The molecule has 1 aliphatic rings. The third-order valence-corrected chi connectivity index (χ3v) is 7.81. The molecule has 0 spiro atoms. The van der Waals surface area contributed by atoms with Gasteiger partial charge < -0.3 is 14.8 Å². The van der Waals surface area contributed by atoms with E-state index in [4.69, 9.17) is 5.21 Å². The number of benzene rings is 1. The van der Waals surface area contributed by atoms with E-state index in [1.807, 2.05) is 18.4 Å². The van der Waals surface area contributed by atoms with E-state index in [2.05, 4.69) is 30.2 Å². The first-order valence-electron chi connectivity index (χ1n) is 15.0. The number of anilines is 3. The second-order valence-electron chi connectivity index (χ2n) is 11.4. The van der Waals surface area contributed by atoms with Gasteiger partial charge in [-0.05, 0) is 64.4 Å². The fraction of sp³-hybridized carbons (Fsp3) is 0.419. The molecule has 14 heteroatoms. The Labute approximate surface area is 259 Å². The first kappa shape index (κ1) is 31.9. The Morgan fingerprint density at radius 2 is 1.82 bits per heavy atom. The van der Waals surface area contributed by atoms with Gasteiger partial charge in [-0.15, -0.1) is 0 Å². The van der Waals surface area contributed by atoms with Crippen molar-refractivity contribution in [1.29, 1.82) is 0 Å². The number of unbranched alkanes of at least 4 members (excludes halogenated alkanes) is 3. The standard InChI is InChI=1S/C31H37F2N9O3/c1-19(2)42-20(3)36-30-23(32)14-21(15-25(30)42)29-24(33)17-35-31(38-29)37-26-10-9-22(16-34-26)41-13-12-40(18-28(41)44)11-7-5-4-6-8-27(43)39-45/h9-10,14-17,19,45H,4-8,11-13,18H2,1-3H3,(H,39,43)(H,34,35,37,38). The molecule has 4 aromatic rings. The zero-order chi connectivity index (χ0) is 32.1. The van der Waals surface area contributed by atoms with Crippen LogP contribution in [0.5, 0.6) is 0 Å². The van der Waals surface area contributed by atoms with Crippen LogP contribution in [0.2, 0.25) is 0 Å². The summed E-state index contributed by atoms with van der Waals surface area (Å²) in [7, 11) is 0. The molecule has 0 unspecified atom stereocenters. The van der Waals surface area contributed by atoms with E-state index in [1.54, 1.807) is 41.7 Å². The molecule has 45 heavy (non-hydrogen) atoms. The van der Waals surface area contributed by atoms with E-state index in [0.717, 1.165) is 38.5 Å². The molecule has 5 rings (SSSR count). The Hall–Kier alpha value is -4.56. The van der Waals surface area contributed by atoms with Crippen LogP contribution in [0, 0.1) is 18.6 Å². The molecular weight excluding hydrogens is 584 g/mol. The van der Waals surface area contributed by atoms with Crippen molar-refractivity contribution in [2.75, 3.05) is 36.4 Å². The molecule has 0 bridgehead atoms. The number of fused-ring (bicyclic) bond motifs is 1. The molecule has 1 aliphatic heterocycles. The van der Waals surface area contributed by atoms with Crippen LogP contribution in [0.1, 0.15) is 57.8 Å². The van der Waals surface area contributed by atoms with Crippen LogP contribution >= 0.6 is 0 Å². The van der Waals surface area contributed by atoms with Gasteiger partial charge in [0, 0.05) is 31.1 Å². The van der Waals surface area contributed by atoms with Gasteiger partial charge in [0.2, 0.25) is 17.8 Å². The predicted molar refractivity (Wildman–Crippen MR) is 165 cm³/mol. The van der Waals surface area contributed by atoms with Crippen LogP contribution in [0.3, 0.4) is 0 Å². The Morgan fingerprint density at radius 1 is 1.02 bits per heavy atom. The Balaban J connectivity index is 1.20. The number of pyridine rings is 1. The third kappa shape index (κ3) is 7.40. The zero-order valence-electron chi connectivity index (χ0n) is 25.6. The average molecular weight is 622 g/mol. The fourth-order valence-corrected chi connectivity index (χ4v) is 5.64. The van der Waals surface area contributed by atoms with Crippen LogP contribution in [-0.2, 0) is 9.59 Å². The van der Waals surface area contributed by atoms with Gasteiger partial charge >= 0.3 is 0 Å². The average Bonchev–Trinajstić information content (AvgIpc) is 3.36. The first-order chi connectivity index (χ1) is 21.6. The number of aryl methyl sites for hydroxylation is 1. The number of aromatic nitrogens is 5. The molecule has 238 valence electrons. The largest absolute Gasteiger partial charge is 0.326 e. The van der Waals surface area contributed by atoms with E-state index < -0.39 is 11.6 Å². The third-order valence-electron chi connectivity index (χ3n) is 7.81. The van der Waals surface area contributed by atoms with Crippen LogP contribution in [0.4, 0.5) is 26.2 Å². The van der Waals surface area contributed by atoms with Crippen molar-refractivity contribution in [2.24, 2.45) is 0 Å². The molecule has 3 N–H and O–H groups in total. The number of halogens is 2. The highest BCUT2D eigenvalue weighted by Crippen LogP contribution is 2.30. The summed E-state index contributed by atoms with van der Waals surface area (Å²) < 4.78 is 31.8. The van der Waals surface area contributed by atoms with E-state index in [1.165, 1.54) is 6.07 Å². The lowest BCUT2D eigenvalue weighted by Gasteiger charge is -2.34. The number of imidazole rings is 1. The number of carbonyl (C=O) groups is 2. The Bertz CT molecular complexity index is 1680. The van der Waals surface area contributed by atoms with Crippen molar-refractivity contribution in [3.63, 3.8) is 0 Å². The van der Waals surface area contributed by atoms with Gasteiger partial charge in [-0.1, -0.05) is 12.8 Å². The fourth-order valence-electron chi connectivity index (χ4n) is 5.64. The lowest BCUT2D eigenvalue weighted by atomic mass is 10.1. The zero-order valence-corrected chi connectivity index (χ0v) is 25.6. The van der Waals surface area contributed by atoms with Gasteiger partial charge in [-0.3, -0.25) is 19.7 Å². The second-order valence-corrected chi connectivity index (χ2v) is 11.4. The van der Waals surface area contributed by atoms with Crippen LogP contribution < -0.4 is 15.7 Å². The first-order valence-corrected chi connectivity index (χ1v) is 15.0. The number of piperazine rings is 1. The molecule has 0 saturated carbocycles. The smallest absolute Gasteiger partial charge is 0.243 e. The molecular formula is C31H37F2N9O3. The highest BCUT2D eigenvalue weighted by Gasteiger charge is 2.25. The number of hydrogen-bond donors (Lipinski definition) is 3. The van der Waals surface area contributed by atoms with E-state index in [-0.39, 0.29) is 40.6 Å². The predicted octanol–water partition coefficient (Wildman–Crippen LogP) is 4.90. The highest BCUT2D eigenvalue weighted by molar-refractivity contribution is 5.95. The highest BCUT2D eigenvalue weighted by atomic mass is 19.1. The molecule has 0 atom stereocenters. The summed E-state index contributed by atoms with van der Waals surface area (Å²) in [6, 6.07) is 6.39. The summed E-state index contributed by atoms with van der Waals surface area (Å²) in [4.78, 5) is 44.9. The number of hydroxylamine groups is 1. The number of amides is 2. The molecule has 4 heterocycles. The lowest BCUT2D eigenvalue weighted by molar-refractivity contribution is -0.129. The SMILES string of the molecule is Cc1nc2c(F)cc(-c3nc(Nc4ccc(N5CCN(CCCCCCC(=O)NO)CC5=O)cn4)ncc3F)cc2n1C(C)C. The maximum atomic E-state index is 15.0. The molecule has 12 nitrogen and oxygen atoms in total. The van der Waals surface area contributed by atoms with Gasteiger partial charge in [0.25, 0.3) is 0 Å². The second kappa shape index (κ2) is 14.0. The summed E-state index contributed by atoms with van der Waals surface area (Å²) in [5, 5.41) is 11.5.